The third kappa shape index (κ3) is 2.22. The van der Waals surface area contributed by atoms with Crippen molar-refractivity contribution in [1.82, 2.24) is 0 Å². The summed E-state index contributed by atoms with van der Waals surface area (Å²) >= 11 is 0. The normalized spacial score (nSPS) is 50.6. The molecule has 4 rings (SSSR count). The molecular formula is C21H32O3. The van der Waals surface area contributed by atoms with Crippen LogP contribution in [0.5, 0.6) is 0 Å². The topological polar surface area (TPSA) is 43.4 Å². The van der Waals surface area contributed by atoms with Crippen LogP contribution in [-0.4, -0.2) is 17.9 Å². The van der Waals surface area contributed by atoms with Gasteiger partial charge in [-0.25, -0.2) is 0 Å². The van der Waals surface area contributed by atoms with Crippen LogP contribution < -0.4 is 0 Å². The third-order valence-corrected chi connectivity index (χ3v) is 8.60. The lowest BCUT2D eigenvalue weighted by Crippen LogP contribution is -2.58. The SMILES string of the molecule is CC(=O)O[C@@H]1C[C@H]2CCCC[C@]2(C)[C@H]2CC[C@]3(C)C(=O)CC[C@H]3[C@H]12. The summed E-state index contributed by atoms with van der Waals surface area (Å²) in [6.45, 7) is 6.26. The first kappa shape index (κ1) is 16.6. The molecule has 0 saturated heterocycles. The van der Waals surface area contributed by atoms with Crippen molar-refractivity contribution in [3.8, 4) is 0 Å². The number of hydrogen-bond acceptors (Lipinski definition) is 3. The van der Waals surface area contributed by atoms with E-state index < -0.39 is 0 Å². The van der Waals surface area contributed by atoms with Gasteiger partial charge in [0.25, 0.3) is 0 Å². The van der Waals surface area contributed by atoms with Gasteiger partial charge >= 0.3 is 5.97 Å². The summed E-state index contributed by atoms with van der Waals surface area (Å²) in [5.74, 6) is 2.47. The molecule has 0 radical (unpaired) electrons. The molecule has 4 aliphatic rings. The van der Waals surface area contributed by atoms with E-state index in [2.05, 4.69) is 13.8 Å². The summed E-state index contributed by atoms with van der Waals surface area (Å²) in [6.07, 6.45) is 10.3. The molecule has 134 valence electrons. The number of carbonyl (C=O) groups excluding carboxylic acids is 2. The highest BCUT2D eigenvalue weighted by atomic mass is 16.5. The Morgan fingerprint density at radius 2 is 1.88 bits per heavy atom. The van der Waals surface area contributed by atoms with Crippen LogP contribution in [0.3, 0.4) is 0 Å². The molecule has 3 heteroatoms. The lowest BCUT2D eigenvalue weighted by Gasteiger charge is -2.61. The maximum Gasteiger partial charge on any atom is 0.302 e. The van der Waals surface area contributed by atoms with Gasteiger partial charge in [0.15, 0.2) is 0 Å². The molecular weight excluding hydrogens is 300 g/mol. The minimum absolute atomic E-state index is 0.0409. The van der Waals surface area contributed by atoms with Gasteiger partial charge in [-0.15, -0.1) is 0 Å². The van der Waals surface area contributed by atoms with E-state index in [0.29, 0.717) is 34.9 Å². The monoisotopic (exact) mass is 332 g/mol. The van der Waals surface area contributed by atoms with Gasteiger partial charge in [0.1, 0.15) is 11.9 Å². The molecule has 0 aliphatic heterocycles. The Morgan fingerprint density at radius 3 is 2.62 bits per heavy atom. The Bertz CT molecular complexity index is 555. The van der Waals surface area contributed by atoms with Gasteiger partial charge in [-0.05, 0) is 61.7 Å². The number of esters is 1. The smallest absolute Gasteiger partial charge is 0.302 e. The van der Waals surface area contributed by atoms with Crippen molar-refractivity contribution < 1.29 is 14.3 Å². The Balaban J connectivity index is 1.72. The zero-order valence-electron chi connectivity index (χ0n) is 15.5. The molecule has 0 aromatic heterocycles. The van der Waals surface area contributed by atoms with Crippen molar-refractivity contribution >= 4 is 11.8 Å². The second kappa shape index (κ2) is 5.57. The number of ketones is 1. The molecule has 4 fully saturated rings. The van der Waals surface area contributed by atoms with Gasteiger partial charge < -0.3 is 4.74 Å². The fraction of sp³-hybridized carbons (Fsp3) is 0.905. The van der Waals surface area contributed by atoms with E-state index in [9.17, 15) is 9.59 Å². The fourth-order valence-electron chi connectivity index (χ4n) is 7.34. The molecule has 3 nitrogen and oxygen atoms in total. The zero-order chi connectivity index (χ0) is 17.1. The predicted molar refractivity (Wildman–Crippen MR) is 92.3 cm³/mol. The van der Waals surface area contributed by atoms with E-state index in [-0.39, 0.29) is 17.5 Å². The molecule has 7 atom stereocenters. The minimum Gasteiger partial charge on any atom is -0.462 e. The highest BCUT2D eigenvalue weighted by molar-refractivity contribution is 5.87. The molecule has 0 aromatic rings. The maximum absolute atomic E-state index is 12.6. The summed E-state index contributed by atoms with van der Waals surface area (Å²) in [7, 11) is 0. The van der Waals surface area contributed by atoms with Crippen molar-refractivity contribution in [2.75, 3.05) is 0 Å². The summed E-state index contributed by atoms with van der Waals surface area (Å²) in [5, 5.41) is 0. The second-order valence-electron chi connectivity index (χ2n) is 9.54. The highest BCUT2D eigenvalue weighted by Gasteiger charge is 2.62. The van der Waals surface area contributed by atoms with E-state index in [1.807, 2.05) is 0 Å². The quantitative estimate of drug-likeness (QED) is 0.663. The van der Waals surface area contributed by atoms with Crippen LogP contribution in [0.1, 0.15) is 78.6 Å². The van der Waals surface area contributed by atoms with Gasteiger partial charge in [0.05, 0.1) is 0 Å². The zero-order valence-corrected chi connectivity index (χ0v) is 15.5. The predicted octanol–water partition coefficient (Wildman–Crippen LogP) is 4.53. The summed E-state index contributed by atoms with van der Waals surface area (Å²) < 4.78 is 5.89. The van der Waals surface area contributed by atoms with Gasteiger partial charge in [-0.2, -0.15) is 0 Å². The number of Topliss-reactive ketones (excluding diaryl/α,β-unsaturated/α-hetero) is 1. The first-order valence-corrected chi connectivity index (χ1v) is 10.1. The molecule has 24 heavy (non-hydrogen) atoms. The average molecular weight is 332 g/mol. The molecule has 0 bridgehead atoms. The standard InChI is InChI=1S/C21H32O3/c1-13(22)24-17-12-14-6-4-5-10-20(14,2)16-9-11-21(3)15(19(16)17)7-8-18(21)23/h14-17,19H,4-12H2,1-3H3/t14-,15+,16+,17-,19+,20+,21+/m1/s1. The average Bonchev–Trinajstić information content (AvgIpc) is 2.83. The minimum atomic E-state index is -0.155. The first-order valence-electron chi connectivity index (χ1n) is 10.1. The van der Waals surface area contributed by atoms with Gasteiger partial charge in [-0.1, -0.05) is 26.7 Å². The van der Waals surface area contributed by atoms with E-state index >= 15 is 0 Å². The number of ether oxygens (including phenoxy) is 1. The second-order valence-corrected chi connectivity index (χ2v) is 9.54. The van der Waals surface area contributed by atoms with E-state index in [4.69, 9.17) is 4.74 Å². The molecule has 0 spiro atoms. The van der Waals surface area contributed by atoms with Crippen molar-refractivity contribution in [3.05, 3.63) is 0 Å². The summed E-state index contributed by atoms with van der Waals surface area (Å²) in [5.41, 5.74) is 0.240. The largest absolute Gasteiger partial charge is 0.462 e. The highest BCUT2D eigenvalue weighted by Crippen LogP contribution is 2.65. The van der Waals surface area contributed by atoms with Crippen LogP contribution in [0, 0.1) is 34.5 Å². The molecule has 0 unspecified atom stereocenters. The van der Waals surface area contributed by atoms with Crippen LogP contribution in [-0.2, 0) is 14.3 Å². The van der Waals surface area contributed by atoms with Crippen LogP contribution in [0.2, 0.25) is 0 Å². The number of fused-ring (bicyclic) bond motifs is 5. The van der Waals surface area contributed by atoms with Crippen molar-refractivity contribution in [2.24, 2.45) is 34.5 Å². The van der Waals surface area contributed by atoms with E-state index in [0.717, 1.165) is 32.1 Å². The van der Waals surface area contributed by atoms with Gasteiger partial charge in [-0.3, -0.25) is 9.59 Å². The Labute approximate surface area is 145 Å². The number of hydrogen-bond donors (Lipinski definition) is 0. The van der Waals surface area contributed by atoms with Crippen LogP contribution in [0.25, 0.3) is 0 Å². The van der Waals surface area contributed by atoms with Crippen LogP contribution in [0.15, 0.2) is 0 Å². The van der Waals surface area contributed by atoms with Gasteiger partial charge in [0.2, 0.25) is 0 Å². The Morgan fingerprint density at radius 1 is 1.08 bits per heavy atom. The molecule has 4 aliphatic carbocycles. The van der Waals surface area contributed by atoms with E-state index in [1.165, 1.54) is 25.7 Å². The Hall–Kier alpha value is -0.860. The van der Waals surface area contributed by atoms with E-state index in [1.54, 1.807) is 6.92 Å². The molecule has 0 N–H and O–H groups in total. The number of carbonyl (C=O) groups is 2. The first-order chi connectivity index (χ1) is 11.4. The lowest BCUT2D eigenvalue weighted by molar-refractivity contribution is -0.186. The third-order valence-electron chi connectivity index (χ3n) is 8.60. The van der Waals surface area contributed by atoms with Crippen LogP contribution in [0.4, 0.5) is 0 Å². The maximum atomic E-state index is 12.6. The molecule has 4 saturated carbocycles. The molecule has 0 amide bonds. The Kier molecular flexibility index (Phi) is 3.85. The van der Waals surface area contributed by atoms with Crippen molar-refractivity contribution in [2.45, 2.75) is 84.7 Å². The van der Waals surface area contributed by atoms with Crippen molar-refractivity contribution in [1.29, 1.82) is 0 Å². The van der Waals surface area contributed by atoms with Crippen LogP contribution >= 0.6 is 0 Å². The summed E-state index contributed by atoms with van der Waals surface area (Å²) in [6, 6.07) is 0. The van der Waals surface area contributed by atoms with Crippen molar-refractivity contribution in [3.63, 3.8) is 0 Å². The summed E-state index contributed by atoms with van der Waals surface area (Å²) in [4.78, 5) is 24.4. The van der Waals surface area contributed by atoms with Gasteiger partial charge in [0, 0.05) is 24.7 Å². The lowest BCUT2D eigenvalue weighted by atomic mass is 9.44. The molecule has 0 heterocycles. The number of rotatable bonds is 1. The molecule has 0 aromatic carbocycles. The fourth-order valence-corrected chi connectivity index (χ4v) is 7.34.